The zero-order chi connectivity index (χ0) is 11.1. The fraction of sp³-hybridized carbons (Fsp3) is 0.889. The maximum atomic E-state index is 11.5. The molecule has 0 aliphatic carbocycles. The highest BCUT2D eigenvalue weighted by Gasteiger charge is 2.16. The first-order valence-corrected chi connectivity index (χ1v) is 5.09. The average Bonchev–Trinajstić information content (AvgIpc) is 2.29. The second kappa shape index (κ2) is 6.73. The maximum Gasteiger partial charge on any atom is 0.236 e. The van der Waals surface area contributed by atoms with Crippen LogP contribution in [-0.4, -0.2) is 73.1 Å². The SMILES string of the molecule is O=C(CNCC(O)CO)N1CCOCC1. The highest BCUT2D eigenvalue weighted by molar-refractivity contribution is 5.78. The number of hydrogen-bond acceptors (Lipinski definition) is 5. The number of hydrogen-bond donors (Lipinski definition) is 3. The first kappa shape index (κ1) is 12.4. The summed E-state index contributed by atoms with van der Waals surface area (Å²) in [6.45, 7) is 2.56. The molecule has 3 N–H and O–H groups in total. The van der Waals surface area contributed by atoms with Crippen LogP contribution < -0.4 is 5.32 Å². The molecule has 1 saturated heterocycles. The third-order valence-corrected chi connectivity index (χ3v) is 2.23. The lowest BCUT2D eigenvalue weighted by atomic mass is 10.3. The van der Waals surface area contributed by atoms with Gasteiger partial charge in [0.1, 0.15) is 0 Å². The third kappa shape index (κ3) is 4.57. The van der Waals surface area contributed by atoms with Crippen LogP contribution in [0.5, 0.6) is 0 Å². The molecule has 0 aromatic rings. The van der Waals surface area contributed by atoms with Crippen molar-refractivity contribution in [1.29, 1.82) is 0 Å². The van der Waals surface area contributed by atoms with Crippen LogP contribution in [0, 0.1) is 0 Å². The Morgan fingerprint density at radius 2 is 2.13 bits per heavy atom. The molecule has 0 radical (unpaired) electrons. The van der Waals surface area contributed by atoms with E-state index in [-0.39, 0.29) is 25.6 Å². The standard InChI is InChI=1S/C9H18N2O4/c12-7-8(13)5-10-6-9(14)11-1-3-15-4-2-11/h8,10,12-13H,1-7H2. The molecular formula is C9H18N2O4. The first-order valence-electron chi connectivity index (χ1n) is 5.09. The van der Waals surface area contributed by atoms with Crippen molar-refractivity contribution in [3.8, 4) is 0 Å². The summed E-state index contributed by atoms with van der Waals surface area (Å²) in [5.74, 6) is 0.00318. The van der Waals surface area contributed by atoms with E-state index in [1.54, 1.807) is 4.90 Å². The number of nitrogens with zero attached hydrogens (tertiary/aromatic N) is 1. The molecule has 88 valence electrons. The summed E-state index contributed by atoms with van der Waals surface area (Å²) in [5.41, 5.74) is 0. The fourth-order valence-electron chi connectivity index (χ4n) is 1.33. The van der Waals surface area contributed by atoms with Gasteiger partial charge in [0.2, 0.25) is 5.91 Å². The molecule has 1 heterocycles. The summed E-state index contributed by atoms with van der Waals surface area (Å²) >= 11 is 0. The fourth-order valence-corrected chi connectivity index (χ4v) is 1.33. The molecule has 1 aliphatic heterocycles. The molecule has 1 atom stereocenters. The van der Waals surface area contributed by atoms with Gasteiger partial charge in [0.05, 0.1) is 32.5 Å². The molecule has 6 heteroatoms. The van der Waals surface area contributed by atoms with E-state index in [1.165, 1.54) is 0 Å². The predicted octanol–water partition coefficient (Wildman–Crippen LogP) is -2.21. The van der Waals surface area contributed by atoms with Gasteiger partial charge in [-0.3, -0.25) is 4.79 Å². The second-order valence-electron chi connectivity index (χ2n) is 3.46. The lowest BCUT2D eigenvalue weighted by Gasteiger charge is -2.27. The number of morpholine rings is 1. The Balaban J connectivity index is 2.12. The molecule has 0 spiro atoms. The lowest BCUT2D eigenvalue weighted by Crippen LogP contribution is -2.45. The number of aliphatic hydroxyl groups is 2. The molecule has 0 bridgehead atoms. The van der Waals surface area contributed by atoms with Crippen molar-refractivity contribution in [2.24, 2.45) is 0 Å². The van der Waals surface area contributed by atoms with Crippen LogP contribution >= 0.6 is 0 Å². The molecule has 15 heavy (non-hydrogen) atoms. The van der Waals surface area contributed by atoms with Crippen LogP contribution in [-0.2, 0) is 9.53 Å². The van der Waals surface area contributed by atoms with E-state index in [0.717, 1.165) is 0 Å². The van der Waals surface area contributed by atoms with Gasteiger partial charge in [-0.25, -0.2) is 0 Å². The topological polar surface area (TPSA) is 82.0 Å². The van der Waals surface area contributed by atoms with Crippen molar-refractivity contribution >= 4 is 5.91 Å². The van der Waals surface area contributed by atoms with Gasteiger partial charge in [-0.15, -0.1) is 0 Å². The van der Waals surface area contributed by atoms with Crippen LogP contribution in [0.3, 0.4) is 0 Å². The van der Waals surface area contributed by atoms with Gasteiger partial charge >= 0.3 is 0 Å². The van der Waals surface area contributed by atoms with Crippen molar-refractivity contribution in [1.82, 2.24) is 10.2 Å². The quantitative estimate of drug-likeness (QED) is 0.487. The number of aliphatic hydroxyl groups excluding tert-OH is 2. The minimum Gasteiger partial charge on any atom is -0.394 e. The van der Waals surface area contributed by atoms with Crippen molar-refractivity contribution in [3.63, 3.8) is 0 Å². The van der Waals surface area contributed by atoms with Gasteiger partial charge < -0.3 is 25.2 Å². The smallest absolute Gasteiger partial charge is 0.236 e. The Kier molecular flexibility index (Phi) is 5.56. The lowest BCUT2D eigenvalue weighted by molar-refractivity contribution is -0.134. The van der Waals surface area contributed by atoms with Gasteiger partial charge in [-0.05, 0) is 0 Å². The molecular weight excluding hydrogens is 200 g/mol. The van der Waals surface area contributed by atoms with Crippen LogP contribution in [0.1, 0.15) is 0 Å². The highest BCUT2D eigenvalue weighted by atomic mass is 16.5. The summed E-state index contributed by atoms with van der Waals surface area (Å²) in [6.07, 6.45) is -0.803. The van der Waals surface area contributed by atoms with E-state index in [1.807, 2.05) is 0 Å². The number of nitrogens with one attached hydrogen (secondary N) is 1. The van der Waals surface area contributed by atoms with Gasteiger partial charge in [0, 0.05) is 19.6 Å². The van der Waals surface area contributed by atoms with Gasteiger partial charge in [0.15, 0.2) is 0 Å². The highest BCUT2D eigenvalue weighted by Crippen LogP contribution is 1.96. The van der Waals surface area contributed by atoms with Crippen LogP contribution in [0.25, 0.3) is 0 Å². The van der Waals surface area contributed by atoms with E-state index in [2.05, 4.69) is 5.32 Å². The summed E-state index contributed by atoms with van der Waals surface area (Å²) in [7, 11) is 0. The number of rotatable bonds is 5. The summed E-state index contributed by atoms with van der Waals surface area (Å²) in [5, 5.41) is 20.4. The Labute approximate surface area is 88.8 Å². The molecule has 0 saturated carbocycles. The molecule has 6 nitrogen and oxygen atoms in total. The molecule has 1 amide bonds. The number of carbonyl (C=O) groups is 1. The number of amides is 1. The predicted molar refractivity (Wildman–Crippen MR) is 53.4 cm³/mol. The van der Waals surface area contributed by atoms with Crippen molar-refractivity contribution in [3.05, 3.63) is 0 Å². The molecule has 1 aliphatic rings. The van der Waals surface area contributed by atoms with Crippen molar-refractivity contribution in [2.75, 3.05) is 46.0 Å². The zero-order valence-electron chi connectivity index (χ0n) is 8.69. The van der Waals surface area contributed by atoms with Crippen LogP contribution in [0.4, 0.5) is 0 Å². The van der Waals surface area contributed by atoms with Crippen LogP contribution in [0.15, 0.2) is 0 Å². The van der Waals surface area contributed by atoms with Gasteiger partial charge in [0.25, 0.3) is 0 Å². The van der Waals surface area contributed by atoms with E-state index in [9.17, 15) is 4.79 Å². The summed E-state index contributed by atoms with van der Waals surface area (Å²) < 4.78 is 5.12. The first-order chi connectivity index (χ1) is 7.24. The van der Waals surface area contributed by atoms with E-state index in [4.69, 9.17) is 14.9 Å². The Morgan fingerprint density at radius 1 is 1.47 bits per heavy atom. The second-order valence-corrected chi connectivity index (χ2v) is 3.46. The van der Waals surface area contributed by atoms with Crippen molar-refractivity contribution < 1.29 is 19.7 Å². The third-order valence-electron chi connectivity index (χ3n) is 2.23. The van der Waals surface area contributed by atoms with E-state index >= 15 is 0 Å². The van der Waals surface area contributed by atoms with Gasteiger partial charge in [-0.1, -0.05) is 0 Å². The molecule has 1 unspecified atom stereocenters. The van der Waals surface area contributed by atoms with Gasteiger partial charge in [-0.2, -0.15) is 0 Å². The largest absolute Gasteiger partial charge is 0.394 e. The minimum atomic E-state index is -0.803. The van der Waals surface area contributed by atoms with E-state index < -0.39 is 6.10 Å². The average molecular weight is 218 g/mol. The Bertz CT molecular complexity index is 195. The normalized spacial score (nSPS) is 18.9. The number of ether oxygens (including phenoxy) is 1. The molecule has 1 fully saturated rings. The molecule has 1 rings (SSSR count). The number of carbonyl (C=O) groups excluding carboxylic acids is 1. The van der Waals surface area contributed by atoms with Crippen molar-refractivity contribution in [2.45, 2.75) is 6.10 Å². The zero-order valence-corrected chi connectivity index (χ0v) is 8.69. The maximum absolute atomic E-state index is 11.5. The Morgan fingerprint density at radius 3 is 2.73 bits per heavy atom. The molecule has 0 aromatic heterocycles. The minimum absolute atomic E-state index is 0.00318. The van der Waals surface area contributed by atoms with Crippen LogP contribution in [0.2, 0.25) is 0 Å². The van der Waals surface area contributed by atoms with E-state index in [0.29, 0.717) is 26.3 Å². The summed E-state index contributed by atoms with van der Waals surface area (Å²) in [4.78, 5) is 13.3. The molecule has 0 aromatic carbocycles. The summed E-state index contributed by atoms with van der Waals surface area (Å²) in [6, 6.07) is 0. The monoisotopic (exact) mass is 218 g/mol. The Hall–Kier alpha value is -0.690.